The van der Waals surface area contributed by atoms with Gasteiger partial charge < -0.3 is 10.2 Å². The monoisotopic (exact) mass is 425 g/mol. The maximum absolute atomic E-state index is 13.8. The van der Waals surface area contributed by atoms with Crippen molar-refractivity contribution in [3.63, 3.8) is 0 Å². The van der Waals surface area contributed by atoms with E-state index in [1.165, 1.54) is 22.9 Å². The molecule has 0 aromatic heterocycles. The molecule has 0 radical (unpaired) electrons. The van der Waals surface area contributed by atoms with Gasteiger partial charge in [-0.25, -0.2) is 17.6 Å². The fourth-order valence-electron chi connectivity index (χ4n) is 2.83. The Hall–Kier alpha value is -2.94. The first kappa shape index (κ1) is 23.3. The van der Waals surface area contributed by atoms with E-state index in [-0.39, 0.29) is 25.5 Å². The Labute approximate surface area is 172 Å². The molecular weight excluding hydrogens is 402 g/mol. The number of hydrogen-bond acceptors (Lipinski definition) is 3. The molecule has 162 valence electrons. The van der Waals surface area contributed by atoms with E-state index in [2.05, 4.69) is 5.32 Å². The average Bonchev–Trinajstić information content (AvgIpc) is 2.70. The lowest BCUT2D eigenvalue weighted by molar-refractivity contribution is -0.132. The van der Waals surface area contributed by atoms with Crippen molar-refractivity contribution in [1.82, 2.24) is 9.80 Å². The highest BCUT2D eigenvalue weighted by molar-refractivity contribution is 5.92. The molecule has 30 heavy (non-hydrogen) atoms. The van der Waals surface area contributed by atoms with Crippen molar-refractivity contribution in [3.8, 4) is 0 Å². The zero-order valence-electron chi connectivity index (χ0n) is 16.7. The largest absolute Gasteiger partial charge is 0.340 e. The first-order chi connectivity index (χ1) is 14.2. The lowest BCUT2D eigenvalue weighted by Crippen LogP contribution is -2.42. The van der Waals surface area contributed by atoms with Gasteiger partial charge in [-0.05, 0) is 31.2 Å². The molecule has 0 aliphatic rings. The average molecular weight is 425 g/mol. The van der Waals surface area contributed by atoms with Gasteiger partial charge >= 0.3 is 0 Å². The molecule has 2 rings (SSSR count). The highest BCUT2D eigenvalue weighted by atomic mass is 19.2. The van der Waals surface area contributed by atoms with Crippen LogP contribution in [0.15, 0.2) is 36.4 Å². The van der Waals surface area contributed by atoms with Crippen molar-refractivity contribution in [2.75, 3.05) is 32.0 Å². The summed E-state index contributed by atoms with van der Waals surface area (Å²) in [6.45, 7) is 1.94. The second-order valence-corrected chi connectivity index (χ2v) is 6.82. The minimum Gasteiger partial charge on any atom is -0.340 e. The minimum atomic E-state index is -1.68. The number of halogens is 4. The second-order valence-electron chi connectivity index (χ2n) is 6.82. The Bertz CT molecular complexity index is 908. The van der Waals surface area contributed by atoms with E-state index in [4.69, 9.17) is 0 Å². The predicted molar refractivity (Wildman–Crippen MR) is 105 cm³/mol. The van der Waals surface area contributed by atoms with Gasteiger partial charge in [0.2, 0.25) is 11.8 Å². The molecule has 9 heteroatoms. The van der Waals surface area contributed by atoms with Crippen LogP contribution in [-0.4, -0.2) is 48.3 Å². The Morgan fingerprint density at radius 3 is 2.30 bits per heavy atom. The lowest BCUT2D eigenvalue weighted by Gasteiger charge is -2.24. The van der Waals surface area contributed by atoms with Gasteiger partial charge in [0.25, 0.3) is 0 Å². The van der Waals surface area contributed by atoms with Crippen LogP contribution >= 0.6 is 0 Å². The molecule has 0 aliphatic heterocycles. The van der Waals surface area contributed by atoms with Gasteiger partial charge in [-0.1, -0.05) is 25.1 Å². The summed E-state index contributed by atoms with van der Waals surface area (Å²) < 4.78 is 53.8. The fourth-order valence-corrected chi connectivity index (χ4v) is 2.83. The number of carbonyl (C=O) groups is 2. The van der Waals surface area contributed by atoms with Crippen LogP contribution < -0.4 is 5.32 Å². The van der Waals surface area contributed by atoms with E-state index in [1.54, 1.807) is 18.2 Å². The van der Waals surface area contributed by atoms with Crippen LogP contribution in [0.25, 0.3) is 0 Å². The second kappa shape index (κ2) is 10.7. The summed E-state index contributed by atoms with van der Waals surface area (Å²) in [5.41, 5.74) is -0.125. The quantitative estimate of drug-likeness (QED) is 0.494. The topological polar surface area (TPSA) is 52.7 Å². The van der Waals surface area contributed by atoms with Crippen LogP contribution in [0.3, 0.4) is 0 Å². The SMILES string of the molecule is CCCN(CC(=O)Nc1ccc(F)c(F)c1F)CC(=O)N(C)Cc1ccccc1F. The van der Waals surface area contributed by atoms with Crippen molar-refractivity contribution in [1.29, 1.82) is 0 Å². The van der Waals surface area contributed by atoms with Gasteiger partial charge in [0.15, 0.2) is 17.5 Å². The Kier molecular flexibility index (Phi) is 8.35. The van der Waals surface area contributed by atoms with E-state index in [0.29, 0.717) is 24.6 Å². The van der Waals surface area contributed by atoms with Gasteiger partial charge in [0.05, 0.1) is 18.8 Å². The molecule has 0 atom stereocenters. The van der Waals surface area contributed by atoms with Crippen LogP contribution in [0.4, 0.5) is 23.2 Å². The highest BCUT2D eigenvalue weighted by Gasteiger charge is 2.20. The normalized spacial score (nSPS) is 10.9. The van der Waals surface area contributed by atoms with Crippen LogP contribution in [0.2, 0.25) is 0 Å². The van der Waals surface area contributed by atoms with Crippen molar-refractivity contribution in [2.45, 2.75) is 19.9 Å². The molecule has 0 bridgehead atoms. The standard InChI is InChI=1S/C21H23F4N3O2/c1-3-10-28(12-18(29)26-17-9-8-16(23)20(24)21(17)25)13-19(30)27(2)11-14-6-4-5-7-15(14)22/h4-9H,3,10-13H2,1-2H3,(H,26,29). The first-order valence-corrected chi connectivity index (χ1v) is 9.36. The molecule has 0 unspecified atom stereocenters. The van der Waals surface area contributed by atoms with E-state index in [1.807, 2.05) is 6.92 Å². The molecule has 0 aliphatic carbocycles. The van der Waals surface area contributed by atoms with E-state index in [0.717, 1.165) is 6.07 Å². The molecule has 1 N–H and O–H groups in total. The Morgan fingerprint density at radius 1 is 0.933 bits per heavy atom. The third-order valence-corrected chi connectivity index (χ3v) is 4.37. The number of nitrogens with one attached hydrogen (secondary N) is 1. The molecule has 2 amide bonds. The molecular formula is C21H23F4N3O2. The summed E-state index contributed by atoms with van der Waals surface area (Å²) in [6, 6.07) is 7.73. The van der Waals surface area contributed by atoms with Gasteiger partial charge in [-0.3, -0.25) is 14.5 Å². The molecule has 0 heterocycles. The number of carbonyl (C=O) groups excluding carboxylic acids is 2. The molecule has 2 aromatic rings. The Balaban J connectivity index is 1.98. The van der Waals surface area contributed by atoms with Crippen LogP contribution in [-0.2, 0) is 16.1 Å². The van der Waals surface area contributed by atoms with Crippen LogP contribution in [0.1, 0.15) is 18.9 Å². The number of benzene rings is 2. The maximum atomic E-state index is 13.8. The molecule has 0 saturated carbocycles. The third kappa shape index (κ3) is 6.28. The van der Waals surface area contributed by atoms with Gasteiger partial charge in [-0.15, -0.1) is 0 Å². The number of nitrogens with zero attached hydrogens (tertiary/aromatic N) is 2. The first-order valence-electron chi connectivity index (χ1n) is 9.36. The third-order valence-electron chi connectivity index (χ3n) is 4.37. The van der Waals surface area contributed by atoms with Crippen LogP contribution in [0.5, 0.6) is 0 Å². The summed E-state index contributed by atoms with van der Waals surface area (Å²) in [4.78, 5) is 27.6. The van der Waals surface area contributed by atoms with Crippen molar-refractivity contribution in [2.24, 2.45) is 0 Å². The van der Waals surface area contributed by atoms with Crippen molar-refractivity contribution < 1.29 is 27.2 Å². The number of rotatable bonds is 9. The van der Waals surface area contributed by atoms with E-state index >= 15 is 0 Å². The maximum Gasteiger partial charge on any atom is 0.238 e. The van der Waals surface area contributed by atoms with Gasteiger partial charge in [0.1, 0.15) is 5.82 Å². The smallest absolute Gasteiger partial charge is 0.238 e. The minimum absolute atomic E-state index is 0.0672. The number of likely N-dealkylation sites (N-methyl/N-ethyl adjacent to an activating group) is 1. The fraction of sp³-hybridized carbons (Fsp3) is 0.333. The summed E-state index contributed by atoms with van der Waals surface area (Å²) in [6.07, 6.45) is 0.636. The van der Waals surface area contributed by atoms with Gasteiger partial charge in [-0.2, -0.15) is 0 Å². The summed E-state index contributed by atoms with van der Waals surface area (Å²) >= 11 is 0. The summed E-state index contributed by atoms with van der Waals surface area (Å²) in [7, 11) is 1.52. The Morgan fingerprint density at radius 2 is 1.63 bits per heavy atom. The summed E-state index contributed by atoms with van der Waals surface area (Å²) in [5, 5.41) is 2.18. The highest BCUT2D eigenvalue weighted by Crippen LogP contribution is 2.19. The van der Waals surface area contributed by atoms with E-state index < -0.39 is 34.9 Å². The van der Waals surface area contributed by atoms with E-state index in [9.17, 15) is 27.2 Å². The molecule has 2 aromatic carbocycles. The zero-order chi connectivity index (χ0) is 22.3. The molecule has 0 saturated heterocycles. The molecule has 5 nitrogen and oxygen atoms in total. The number of hydrogen-bond donors (Lipinski definition) is 1. The zero-order valence-corrected chi connectivity index (χ0v) is 16.7. The molecule has 0 spiro atoms. The number of amides is 2. The number of anilines is 1. The molecule has 0 fully saturated rings. The van der Waals surface area contributed by atoms with Crippen molar-refractivity contribution in [3.05, 3.63) is 65.2 Å². The van der Waals surface area contributed by atoms with Crippen molar-refractivity contribution >= 4 is 17.5 Å². The lowest BCUT2D eigenvalue weighted by atomic mass is 10.2. The van der Waals surface area contributed by atoms with Crippen LogP contribution in [0, 0.1) is 23.3 Å². The van der Waals surface area contributed by atoms with Gasteiger partial charge in [0, 0.05) is 19.2 Å². The summed E-state index contributed by atoms with van der Waals surface area (Å²) in [5.74, 6) is -5.97. The predicted octanol–water partition coefficient (Wildman–Crippen LogP) is 3.55.